The molecule has 3 aromatic rings. The Kier molecular flexibility index (Phi) is 3.49. The Bertz CT molecular complexity index is 828. The van der Waals surface area contributed by atoms with Crippen molar-refractivity contribution in [2.24, 2.45) is 0 Å². The van der Waals surface area contributed by atoms with Gasteiger partial charge in [-0.1, -0.05) is 0 Å². The largest absolute Gasteiger partial charge is 0.494 e. The predicted molar refractivity (Wildman–Crippen MR) is 78.5 cm³/mol. The number of nitrogens with one attached hydrogen (secondary N) is 1. The third-order valence-corrected chi connectivity index (χ3v) is 3.26. The number of ether oxygens (including phenoxy) is 1. The zero-order valence-electron chi connectivity index (χ0n) is 11.1. The second-order valence-corrected chi connectivity index (χ2v) is 4.64. The molecule has 0 aliphatic carbocycles. The number of benzene rings is 1. The summed E-state index contributed by atoms with van der Waals surface area (Å²) in [7, 11) is 1.42. The van der Waals surface area contributed by atoms with E-state index in [9.17, 15) is 4.39 Å². The second-order valence-electron chi connectivity index (χ2n) is 4.25. The fraction of sp³-hybridized carbons (Fsp3) is 0.0714. The van der Waals surface area contributed by atoms with E-state index in [4.69, 9.17) is 17.0 Å². The zero-order valence-corrected chi connectivity index (χ0v) is 11.9. The minimum absolute atomic E-state index is 0.146. The Balaban J connectivity index is 2.20. The number of methoxy groups -OCH3 is 1. The molecule has 5 nitrogen and oxygen atoms in total. The first-order valence-corrected chi connectivity index (χ1v) is 6.53. The number of pyridine rings is 1. The molecule has 2 aromatic heterocycles. The van der Waals surface area contributed by atoms with Crippen LogP contribution in [0.4, 0.5) is 4.39 Å². The van der Waals surface area contributed by atoms with E-state index >= 15 is 0 Å². The van der Waals surface area contributed by atoms with Crippen LogP contribution in [-0.2, 0) is 0 Å². The third kappa shape index (κ3) is 2.43. The van der Waals surface area contributed by atoms with Crippen molar-refractivity contribution in [3.05, 3.63) is 53.3 Å². The summed E-state index contributed by atoms with van der Waals surface area (Å²) in [5.41, 5.74) is 1.46. The number of hydrogen-bond acceptors (Lipinski definition) is 4. The van der Waals surface area contributed by atoms with Gasteiger partial charge in [0.1, 0.15) is 0 Å². The Morgan fingerprint density at radius 1 is 1.33 bits per heavy atom. The maximum absolute atomic E-state index is 13.5. The minimum atomic E-state index is -0.431. The molecule has 7 heteroatoms. The molecule has 0 spiro atoms. The topological polar surface area (TPSA) is 55.7 Å². The summed E-state index contributed by atoms with van der Waals surface area (Å²) in [4.78, 5) is 4.07. The van der Waals surface area contributed by atoms with Crippen LogP contribution < -0.4 is 4.74 Å². The smallest absolute Gasteiger partial charge is 0.200 e. The fourth-order valence-corrected chi connectivity index (χ4v) is 2.25. The summed E-state index contributed by atoms with van der Waals surface area (Å²) in [5, 5.41) is 6.95. The lowest BCUT2D eigenvalue weighted by Crippen LogP contribution is -1.99. The Hall–Kier alpha value is -2.54. The first-order chi connectivity index (χ1) is 10.2. The highest BCUT2D eigenvalue weighted by atomic mass is 32.1. The van der Waals surface area contributed by atoms with Crippen LogP contribution in [0.5, 0.6) is 5.75 Å². The van der Waals surface area contributed by atoms with E-state index in [0.717, 1.165) is 5.56 Å². The average Bonchev–Trinajstić information content (AvgIpc) is 2.90. The van der Waals surface area contributed by atoms with E-state index in [-0.39, 0.29) is 5.75 Å². The Morgan fingerprint density at radius 3 is 2.90 bits per heavy atom. The van der Waals surface area contributed by atoms with Crippen LogP contribution in [0, 0.1) is 10.6 Å². The van der Waals surface area contributed by atoms with Crippen molar-refractivity contribution in [3.8, 4) is 22.8 Å². The summed E-state index contributed by atoms with van der Waals surface area (Å²) in [6, 6.07) is 8.19. The van der Waals surface area contributed by atoms with Crippen molar-refractivity contribution < 1.29 is 9.13 Å². The van der Waals surface area contributed by atoms with Gasteiger partial charge >= 0.3 is 0 Å². The zero-order chi connectivity index (χ0) is 14.8. The van der Waals surface area contributed by atoms with Gasteiger partial charge in [-0.25, -0.2) is 4.39 Å². The lowest BCUT2D eigenvalue weighted by atomic mass is 10.2. The predicted octanol–water partition coefficient (Wildman–Crippen LogP) is 3.14. The summed E-state index contributed by atoms with van der Waals surface area (Å²) in [6.07, 6.45) is 3.36. The van der Waals surface area contributed by atoms with Crippen LogP contribution in [0.25, 0.3) is 17.1 Å². The normalized spacial score (nSPS) is 10.6. The number of halogens is 1. The van der Waals surface area contributed by atoms with Crippen LogP contribution in [-0.4, -0.2) is 26.9 Å². The highest BCUT2D eigenvalue weighted by Gasteiger charge is 2.13. The highest BCUT2D eigenvalue weighted by Crippen LogP contribution is 2.25. The first-order valence-electron chi connectivity index (χ1n) is 6.12. The average molecular weight is 302 g/mol. The fourth-order valence-electron chi connectivity index (χ4n) is 2.01. The third-order valence-electron chi connectivity index (χ3n) is 2.98. The number of rotatable bonds is 3. The van der Waals surface area contributed by atoms with Gasteiger partial charge in [-0.2, -0.15) is 5.10 Å². The molecule has 21 heavy (non-hydrogen) atoms. The summed E-state index contributed by atoms with van der Waals surface area (Å²) < 4.78 is 20.7. The maximum atomic E-state index is 13.5. The number of H-pyrrole nitrogens is 1. The van der Waals surface area contributed by atoms with Gasteiger partial charge in [0.25, 0.3) is 0 Å². The molecule has 0 aliphatic heterocycles. The molecule has 1 aromatic carbocycles. The van der Waals surface area contributed by atoms with Crippen molar-refractivity contribution in [2.45, 2.75) is 0 Å². The SMILES string of the molecule is COc1cc(-n2c(-c3cccnc3)n[nH]c2=S)ccc1F. The number of hydrogen-bond donors (Lipinski definition) is 1. The van der Waals surface area contributed by atoms with Crippen LogP contribution in [0.1, 0.15) is 0 Å². The molecule has 0 bridgehead atoms. The molecule has 106 valence electrons. The Labute approximate surface area is 125 Å². The molecule has 1 N–H and O–H groups in total. The molecule has 0 fully saturated rings. The molecular weight excluding hydrogens is 291 g/mol. The van der Waals surface area contributed by atoms with Crippen LogP contribution in [0.3, 0.4) is 0 Å². The summed E-state index contributed by atoms with van der Waals surface area (Å²) in [6.45, 7) is 0. The van der Waals surface area contributed by atoms with E-state index in [0.29, 0.717) is 16.3 Å². The molecule has 0 saturated carbocycles. The van der Waals surface area contributed by atoms with Gasteiger partial charge in [-0.3, -0.25) is 14.6 Å². The molecule has 2 heterocycles. The van der Waals surface area contributed by atoms with Gasteiger partial charge in [0.15, 0.2) is 22.2 Å². The number of aromatic nitrogens is 4. The van der Waals surface area contributed by atoms with Crippen LogP contribution in [0.2, 0.25) is 0 Å². The van der Waals surface area contributed by atoms with Gasteiger partial charge in [-0.15, -0.1) is 0 Å². The van der Waals surface area contributed by atoms with E-state index < -0.39 is 5.82 Å². The van der Waals surface area contributed by atoms with E-state index in [1.165, 1.54) is 13.2 Å². The Morgan fingerprint density at radius 2 is 2.19 bits per heavy atom. The van der Waals surface area contributed by atoms with Gasteiger partial charge in [0, 0.05) is 24.0 Å². The lowest BCUT2D eigenvalue weighted by Gasteiger charge is -2.09. The van der Waals surface area contributed by atoms with Crippen LogP contribution in [0.15, 0.2) is 42.7 Å². The molecular formula is C14H11FN4OS. The van der Waals surface area contributed by atoms with Gasteiger partial charge in [0.05, 0.1) is 12.8 Å². The monoisotopic (exact) mass is 302 g/mol. The van der Waals surface area contributed by atoms with Crippen molar-refractivity contribution in [2.75, 3.05) is 7.11 Å². The molecule has 0 unspecified atom stereocenters. The minimum Gasteiger partial charge on any atom is -0.494 e. The summed E-state index contributed by atoms with van der Waals surface area (Å²) >= 11 is 5.26. The maximum Gasteiger partial charge on any atom is 0.200 e. The van der Waals surface area contributed by atoms with E-state index in [1.54, 1.807) is 29.1 Å². The summed E-state index contributed by atoms with van der Waals surface area (Å²) in [5.74, 6) is 0.314. The molecule has 3 rings (SSSR count). The highest BCUT2D eigenvalue weighted by molar-refractivity contribution is 7.71. The van der Waals surface area contributed by atoms with E-state index in [1.807, 2.05) is 12.1 Å². The van der Waals surface area contributed by atoms with Gasteiger partial charge < -0.3 is 4.74 Å². The molecule has 0 radical (unpaired) electrons. The standard InChI is InChI=1S/C14H11FN4OS/c1-20-12-7-10(4-5-11(12)15)19-13(17-18-14(19)21)9-3-2-6-16-8-9/h2-8H,1H3,(H,18,21). The molecule has 0 aliphatic rings. The van der Waals surface area contributed by atoms with Crippen molar-refractivity contribution in [3.63, 3.8) is 0 Å². The van der Waals surface area contributed by atoms with Crippen molar-refractivity contribution >= 4 is 12.2 Å². The molecule has 0 atom stereocenters. The van der Waals surface area contributed by atoms with Crippen molar-refractivity contribution in [1.29, 1.82) is 0 Å². The molecule has 0 saturated heterocycles. The first kappa shape index (κ1) is 13.4. The van der Waals surface area contributed by atoms with Gasteiger partial charge in [-0.05, 0) is 36.5 Å². The van der Waals surface area contributed by atoms with Crippen LogP contribution >= 0.6 is 12.2 Å². The van der Waals surface area contributed by atoms with Gasteiger partial charge in [0.2, 0.25) is 0 Å². The van der Waals surface area contributed by atoms with E-state index in [2.05, 4.69) is 15.2 Å². The lowest BCUT2D eigenvalue weighted by molar-refractivity contribution is 0.386. The van der Waals surface area contributed by atoms with Crippen molar-refractivity contribution in [1.82, 2.24) is 19.7 Å². The number of aromatic amines is 1. The second kappa shape index (κ2) is 5.45. The molecule has 0 amide bonds. The number of nitrogens with zero attached hydrogens (tertiary/aromatic N) is 3. The quantitative estimate of drug-likeness (QED) is 0.755.